The summed E-state index contributed by atoms with van der Waals surface area (Å²) >= 11 is 2.27. The van der Waals surface area contributed by atoms with Gasteiger partial charge in [-0.1, -0.05) is 12.1 Å². The molecular weight excluding hydrogens is 393 g/mol. The monoisotopic (exact) mass is 416 g/mol. The van der Waals surface area contributed by atoms with Crippen LogP contribution in [0.15, 0.2) is 24.3 Å². The van der Waals surface area contributed by atoms with Crippen LogP contribution in [0.3, 0.4) is 0 Å². The molecule has 1 amide bonds. The van der Waals surface area contributed by atoms with Gasteiger partial charge in [0, 0.05) is 16.5 Å². The van der Waals surface area contributed by atoms with Gasteiger partial charge in [-0.05, 0) is 72.4 Å². The van der Waals surface area contributed by atoms with Gasteiger partial charge in [0.25, 0.3) is 0 Å². The standard InChI is InChI=1S/C16H23IN2O3/c17-13-9-7-12(8-10-13)4-3-6-15(20)19-11-2-1-5-14(18)16(21)22/h7-10,14H,1-6,11,18H2,(H,19,20)(H,21,22)/t14-/m0/s1/i17-2. The molecule has 22 heavy (non-hydrogen) atoms. The van der Waals surface area contributed by atoms with Crippen molar-refractivity contribution in [1.29, 1.82) is 0 Å². The number of carboxylic acid groups (broad SMARTS) is 1. The highest BCUT2D eigenvalue weighted by atomic mass is 125. The van der Waals surface area contributed by atoms with Gasteiger partial charge in [-0.3, -0.25) is 9.59 Å². The van der Waals surface area contributed by atoms with E-state index in [-0.39, 0.29) is 5.91 Å². The van der Waals surface area contributed by atoms with Crippen LogP contribution in [0.2, 0.25) is 0 Å². The quantitative estimate of drug-likeness (QED) is 0.403. The fourth-order valence-electron chi connectivity index (χ4n) is 2.03. The van der Waals surface area contributed by atoms with E-state index in [2.05, 4.69) is 52.2 Å². The van der Waals surface area contributed by atoms with Crippen LogP contribution in [0.4, 0.5) is 0 Å². The molecule has 0 aliphatic heterocycles. The van der Waals surface area contributed by atoms with Gasteiger partial charge in [0.15, 0.2) is 0 Å². The summed E-state index contributed by atoms with van der Waals surface area (Å²) in [4.78, 5) is 22.2. The van der Waals surface area contributed by atoms with Crippen LogP contribution < -0.4 is 11.1 Å². The van der Waals surface area contributed by atoms with Crippen molar-refractivity contribution in [3.63, 3.8) is 0 Å². The number of hydrogen-bond donors (Lipinski definition) is 3. The highest BCUT2D eigenvalue weighted by Gasteiger charge is 2.10. The topological polar surface area (TPSA) is 92.4 Å². The molecule has 1 atom stereocenters. The minimum Gasteiger partial charge on any atom is -0.480 e. The van der Waals surface area contributed by atoms with E-state index in [4.69, 9.17) is 10.8 Å². The number of hydrogen-bond acceptors (Lipinski definition) is 3. The van der Waals surface area contributed by atoms with Gasteiger partial charge < -0.3 is 16.2 Å². The first kappa shape index (κ1) is 18.9. The van der Waals surface area contributed by atoms with E-state index in [1.165, 1.54) is 9.13 Å². The maximum absolute atomic E-state index is 11.7. The number of aryl methyl sites for hydroxylation is 1. The Hall–Kier alpha value is -1.15. The SMILES string of the molecule is N[C@@H](CCCCNC(=O)CCCc1ccc([125I])cc1)C(=O)O. The lowest BCUT2D eigenvalue weighted by Crippen LogP contribution is -2.30. The Morgan fingerprint density at radius 1 is 1.18 bits per heavy atom. The Kier molecular flexibility index (Phi) is 9.07. The molecular formula is C16H23IN2O3. The van der Waals surface area contributed by atoms with Crippen LogP contribution in [-0.4, -0.2) is 29.6 Å². The number of carbonyl (C=O) groups is 2. The first-order chi connectivity index (χ1) is 10.5. The molecule has 1 rings (SSSR count). The molecule has 0 aliphatic carbocycles. The number of benzene rings is 1. The number of halogens is 1. The van der Waals surface area contributed by atoms with Gasteiger partial charge in [-0.15, -0.1) is 0 Å². The summed E-state index contributed by atoms with van der Waals surface area (Å²) in [6.07, 6.45) is 4.15. The summed E-state index contributed by atoms with van der Waals surface area (Å²) in [6, 6.07) is 7.51. The average Bonchev–Trinajstić information content (AvgIpc) is 2.48. The second kappa shape index (κ2) is 10.6. The number of aliphatic carboxylic acids is 1. The first-order valence-electron chi connectivity index (χ1n) is 7.48. The molecule has 4 N–H and O–H groups in total. The highest BCUT2D eigenvalue weighted by molar-refractivity contribution is 14.1. The van der Waals surface area contributed by atoms with Gasteiger partial charge in [-0.25, -0.2) is 0 Å². The minimum absolute atomic E-state index is 0.0491. The van der Waals surface area contributed by atoms with E-state index in [9.17, 15) is 9.59 Å². The van der Waals surface area contributed by atoms with E-state index in [1.54, 1.807) is 0 Å². The number of unbranched alkanes of at least 4 members (excludes halogenated alkanes) is 1. The van der Waals surface area contributed by atoms with Crippen LogP contribution in [0.1, 0.15) is 37.7 Å². The third-order valence-electron chi connectivity index (χ3n) is 3.36. The summed E-state index contributed by atoms with van der Waals surface area (Å²) < 4.78 is 1.21. The van der Waals surface area contributed by atoms with E-state index in [0.29, 0.717) is 25.8 Å². The summed E-state index contributed by atoms with van der Waals surface area (Å²) in [5.74, 6) is -0.923. The summed E-state index contributed by atoms with van der Waals surface area (Å²) in [7, 11) is 0. The van der Waals surface area contributed by atoms with Crippen LogP contribution in [0.25, 0.3) is 0 Å². The lowest BCUT2D eigenvalue weighted by atomic mass is 10.1. The average molecular weight is 416 g/mol. The van der Waals surface area contributed by atoms with Crippen molar-refractivity contribution in [1.82, 2.24) is 5.32 Å². The second-order valence-corrected chi connectivity index (χ2v) is 6.52. The Morgan fingerprint density at radius 2 is 1.86 bits per heavy atom. The predicted octanol–water partition coefficient (Wildman–Crippen LogP) is 2.31. The smallest absolute Gasteiger partial charge is 0.320 e. The fraction of sp³-hybridized carbons (Fsp3) is 0.500. The van der Waals surface area contributed by atoms with Crippen molar-refractivity contribution >= 4 is 34.5 Å². The Bertz CT molecular complexity index is 477. The molecule has 0 unspecified atom stereocenters. The molecule has 0 radical (unpaired) electrons. The molecule has 1 aromatic rings. The lowest BCUT2D eigenvalue weighted by molar-refractivity contribution is -0.138. The lowest BCUT2D eigenvalue weighted by Gasteiger charge is -2.07. The van der Waals surface area contributed by atoms with Crippen molar-refractivity contribution in [3.8, 4) is 0 Å². The van der Waals surface area contributed by atoms with Crippen LogP contribution in [0.5, 0.6) is 0 Å². The van der Waals surface area contributed by atoms with Crippen LogP contribution in [-0.2, 0) is 16.0 Å². The molecule has 0 bridgehead atoms. The fourth-order valence-corrected chi connectivity index (χ4v) is 2.39. The van der Waals surface area contributed by atoms with Crippen molar-refractivity contribution in [2.75, 3.05) is 6.54 Å². The van der Waals surface area contributed by atoms with Crippen molar-refractivity contribution in [3.05, 3.63) is 33.4 Å². The normalized spacial score (nSPS) is 11.9. The molecule has 122 valence electrons. The van der Waals surface area contributed by atoms with Crippen molar-refractivity contribution in [2.45, 2.75) is 44.6 Å². The summed E-state index contributed by atoms with van der Waals surface area (Å²) in [5.41, 5.74) is 6.65. The maximum Gasteiger partial charge on any atom is 0.320 e. The van der Waals surface area contributed by atoms with Crippen LogP contribution in [0, 0.1) is 3.57 Å². The predicted molar refractivity (Wildman–Crippen MR) is 94.6 cm³/mol. The number of nitrogens with one attached hydrogen (secondary N) is 1. The molecule has 0 saturated carbocycles. The molecule has 0 fully saturated rings. The highest BCUT2D eigenvalue weighted by Crippen LogP contribution is 2.09. The number of amides is 1. The number of nitrogens with two attached hydrogens (primary N) is 1. The molecule has 0 heterocycles. The van der Waals surface area contributed by atoms with E-state index in [0.717, 1.165) is 19.3 Å². The zero-order chi connectivity index (χ0) is 16.4. The number of rotatable bonds is 10. The Morgan fingerprint density at radius 3 is 2.50 bits per heavy atom. The van der Waals surface area contributed by atoms with Gasteiger partial charge in [-0.2, -0.15) is 0 Å². The van der Waals surface area contributed by atoms with E-state index in [1.807, 2.05) is 0 Å². The Balaban J connectivity index is 2.04. The molecule has 5 nitrogen and oxygen atoms in total. The third-order valence-corrected chi connectivity index (χ3v) is 4.08. The van der Waals surface area contributed by atoms with Crippen molar-refractivity contribution < 1.29 is 14.7 Å². The van der Waals surface area contributed by atoms with Crippen LogP contribution >= 0.6 is 22.6 Å². The number of carbonyl (C=O) groups excluding carboxylic acids is 1. The molecule has 0 spiro atoms. The molecule has 0 aliphatic rings. The first-order valence-corrected chi connectivity index (χ1v) is 8.56. The van der Waals surface area contributed by atoms with E-state index >= 15 is 0 Å². The largest absolute Gasteiger partial charge is 0.480 e. The summed E-state index contributed by atoms with van der Waals surface area (Å²) in [6.45, 7) is 0.578. The Labute approximate surface area is 144 Å². The van der Waals surface area contributed by atoms with Gasteiger partial charge in [0.2, 0.25) is 5.91 Å². The van der Waals surface area contributed by atoms with Crippen molar-refractivity contribution in [2.24, 2.45) is 5.73 Å². The second-order valence-electron chi connectivity index (χ2n) is 5.27. The van der Waals surface area contributed by atoms with Gasteiger partial charge >= 0.3 is 5.97 Å². The summed E-state index contributed by atoms with van der Waals surface area (Å²) in [5, 5.41) is 11.5. The molecule has 0 saturated heterocycles. The van der Waals surface area contributed by atoms with Gasteiger partial charge in [0.1, 0.15) is 6.04 Å². The molecule has 0 aromatic heterocycles. The maximum atomic E-state index is 11.7. The zero-order valence-corrected chi connectivity index (χ0v) is 14.7. The molecule has 1 aromatic carbocycles. The molecule has 6 heteroatoms. The van der Waals surface area contributed by atoms with E-state index < -0.39 is 12.0 Å². The minimum atomic E-state index is -0.973. The van der Waals surface area contributed by atoms with Gasteiger partial charge in [0.05, 0.1) is 0 Å². The third kappa shape index (κ3) is 8.33. The number of carboxylic acids is 1. The zero-order valence-electron chi connectivity index (χ0n) is 12.6.